The summed E-state index contributed by atoms with van der Waals surface area (Å²) in [4.78, 5) is 5.12. The van der Waals surface area contributed by atoms with Crippen LogP contribution in [0.25, 0.3) is 0 Å². The van der Waals surface area contributed by atoms with Crippen molar-refractivity contribution >= 4 is 15.7 Å². The molecule has 0 amide bonds. The zero-order valence-electron chi connectivity index (χ0n) is 17.6. The van der Waals surface area contributed by atoms with Gasteiger partial charge in [-0.2, -0.15) is 0 Å². The quantitative estimate of drug-likeness (QED) is 0.731. The van der Waals surface area contributed by atoms with Gasteiger partial charge in [-0.3, -0.25) is 4.90 Å². The summed E-state index contributed by atoms with van der Waals surface area (Å²) in [6.07, 6.45) is 4.47. The molecule has 29 heavy (non-hydrogen) atoms. The van der Waals surface area contributed by atoms with Gasteiger partial charge in [-0.05, 0) is 44.2 Å². The Morgan fingerprint density at radius 2 is 1.72 bits per heavy atom. The number of benzene rings is 1. The molecular weight excluding hydrogens is 386 g/mol. The number of rotatable bonds is 5. The molecule has 0 aromatic heterocycles. The zero-order valence-corrected chi connectivity index (χ0v) is 18.4. The van der Waals surface area contributed by atoms with E-state index < -0.39 is 10.0 Å². The molecule has 3 heterocycles. The van der Waals surface area contributed by atoms with Crippen molar-refractivity contribution in [3.05, 3.63) is 30.3 Å². The maximum Gasteiger partial charge on any atom is 0.214 e. The summed E-state index contributed by atoms with van der Waals surface area (Å²) >= 11 is 0. The molecule has 4 rings (SSSR count). The second kappa shape index (κ2) is 8.92. The van der Waals surface area contributed by atoms with Crippen molar-refractivity contribution in [2.24, 2.45) is 0 Å². The van der Waals surface area contributed by atoms with Crippen molar-refractivity contribution in [2.75, 3.05) is 56.5 Å². The number of nitrogens with zero attached hydrogens (tertiary/aromatic N) is 3. The highest BCUT2D eigenvalue weighted by Crippen LogP contribution is 2.37. The SMILES string of the molecule is CCCS(=O)(=O)N1CCC2(CC1)CC(N1CCN(c3ccccc3)CC1)CCO2. The number of hydrogen-bond acceptors (Lipinski definition) is 5. The fourth-order valence-corrected chi connectivity index (χ4v) is 6.72. The van der Waals surface area contributed by atoms with Crippen LogP contribution in [0, 0.1) is 0 Å². The van der Waals surface area contributed by atoms with Crippen LogP contribution in [0.4, 0.5) is 5.69 Å². The van der Waals surface area contributed by atoms with Gasteiger partial charge in [-0.25, -0.2) is 12.7 Å². The van der Waals surface area contributed by atoms with Crippen LogP contribution < -0.4 is 4.90 Å². The zero-order chi connectivity index (χ0) is 20.3. The topological polar surface area (TPSA) is 53.1 Å². The molecule has 1 unspecified atom stereocenters. The van der Waals surface area contributed by atoms with Gasteiger partial charge < -0.3 is 9.64 Å². The summed E-state index contributed by atoms with van der Waals surface area (Å²) in [5.41, 5.74) is 1.19. The summed E-state index contributed by atoms with van der Waals surface area (Å²) in [5.74, 6) is 0.259. The molecule has 1 atom stereocenters. The Balaban J connectivity index is 1.32. The number of sulfonamides is 1. The van der Waals surface area contributed by atoms with Gasteiger partial charge in [0.1, 0.15) is 0 Å². The number of ether oxygens (including phenoxy) is 1. The van der Waals surface area contributed by atoms with E-state index in [-0.39, 0.29) is 11.4 Å². The Hall–Kier alpha value is -1.15. The summed E-state index contributed by atoms with van der Waals surface area (Å²) in [5, 5.41) is 0. The van der Waals surface area contributed by atoms with E-state index in [0.29, 0.717) is 25.6 Å². The Morgan fingerprint density at radius 3 is 2.38 bits per heavy atom. The minimum Gasteiger partial charge on any atom is -0.375 e. The highest BCUT2D eigenvalue weighted by atomic mass is 32.2. The lowest BCUT2D eigenvalue weighted by Gasteiger charge is -2.49. The van der Waals surface area contributed by atoms with Crippen LogP contribution in [0.15, 0.2) is 30.3 Å². The van der Waals surface area contributed by atoms with Crippen molar-refractivity contribution in [1.29, 1.82) is 0 Å². The van der Waals surface area contributed by atoms with Gasteiger partial charge in [0.05, 0.1) is 11.4 Å². The highest BCUT2D eigenvalue weighted by Gasteiger charge is 2.43. The maximum atomic E-state index is 12.4. The molecule has 1 spiro atoms. The first-order valence-corrected chi connectivity index (χ1v) is 12.8. The van der Waals surface area contributed by atoms with Gasteiger partial charge in [0.2, 0.25) is 10.0 Å². The Labute approximate surface area is 175 Å². The fourth-order valence-electron chi connectivity index (χ4n) is 5.21. The van der Waals surface area contributed by atoms with Crippen LogP contribution in [-0.2, 0) is 14.8 Å². The van der Waals surface area contributed by atoms with E-state index in [1.165, 1.54) is 5.69 Å². The number of anilines is 1. The molecular formula is C22H35N3O3S. The van der Waals surface area contributed by atoms with Crippen LogP contribution in [0.2, 0.25) is 0 Å². The summed E-state index contributed by atoms with van der Waals surface area (Å²) in [7, 11) is -3.09. The summed E-state index contributed by atoms with van der Waals surface area (Å²) < 4.78 is 32.7. The van der Waals surface area contributed by atoms with E-state index in [0.717, 1.165) is 58.5 Å². The lowest BCUT2D eigenvalue weighted by molar-refractivity contribution is -0.127. The van der Waals surface area contributed by atoms with Crippen molar-refractivity contribution in [1.82, 2.24) is 9.21 Å². The van der Waals surface area contributed by atoms with Gasteiger partial charge in [-0.15, -0.1) is 0 Å². The van der Waals surface area contributed by atoms with Gasteiger partial charge in [-0.1, -0.05) is 25.1 Å². The molecule has 3 aliphatic heterocycles. The first-order valence-electron chi connectivity index (χ1n) is 11.2. The Kier molecular flexibility index (Phi) is 6.49. The minimum absolute atomic E-state index is 0.127. The predicted octanol–water partition coefficient (Wildman–Crippen LogP) is 2.56. The molecule has 1 aromatic rings. The number of piperazine rings is 1. The second-order valence-corrected chi connectivity index (χ2v) is 10.8. The van der Waals surface area contributed by atoms with E-state index in [1.807, 2.05) is 6.92 Å². The lowest BCUT2D eigenvalue weighted by atomic mass is 9.82. The molecule has 0 aliphatic carbocycles. The number of piperidine rings is 1. The molecule has 0 radical (unpaired) electrons. The number of para-hydroxylation sites is 1. The van der Waals surface area contributed by atoms with E-state index in [2.05, 4.69) is 40.1 Å². The lowest BCUT2D eigenvalue weighted by Crippen LogP contribution is -2.57. The third-order valence-corrected chi connectivity index (χ3v) is 8.98. The first kappa shape index (κ1) is 21.1. The normalized spacial score (nSPS) is 26.7. The molecule has 7 heteroatoms. The maximum absolute atomic E-state index is 12.4. The standard InChI is InChI=1S/C22H35N3O3S/c1-2-18-29(26,27)25-11-9-22(10-12-25)19-21(8-17-28-22)24-15-13-23(14-16-24)20-6-4-3-5-7-20/h3-7,21H,2,8-19H2,1H3. The molecule has 1 aromatic carbocycles. The fraction of sp³-hybridized carbons (Fsp3) is 0.727. The molecule has 0 bridgehead atoms. The third-order valence-electron chi connectivity index (χ3n) is 6.91. The van der Waals surface area contributed by atoms with E-state index in [1.54, 1.807) is 4.31 Å². The van der Waals surface area contributed by atoms with Crippen LogP contribution >= 0.6 is 0 Å². The first-order chi connectivity index (χ1) is 14.0. The second-order valence-electron chi connectivity index (χ2n) is 8.75. The molecule has 6 nitrogen and oxygen atoms in total. The third kappa shape index (κ3) is 4.79. The van der Waals surface area contributed by atoms with Crippen molar-refractivity contribution in [2.45, 2.75) is 50.7 Å². The molecule has 0 N–H and O–H groups in total. The van der Waals surface area contributed by atoms with E-state index >= 15 is 0 Å². The van der Waals surface area contributed by atoms with E-state index in [9.17, 15) is 8.42 Å². The summed E-state index contributed by atoms with van der Waals surface area (Å²) in [6.45, 7) is 8.25. The van der Waals surface area contributed by atoms with Gasteiger partial charge >= 0.3 is 0 Å². The molecule has 162 valence electrons. The summed E-state index contributed by atoms with van der Waals surface area (Å²) in [6, 6.07) is 11.2. The van der Waals surface area contributed by atoms with Gasteiger partial charge in [0.25, 0.3) is 0 Å². The average Bonchev–Trinajstić information content (AvgIpc) is 2.75. The molecule has 0 saturated carbocycles. The molecule has 3 saturated heterocycles. The largest absolute Gasteiger partial charge is 0.375 e. The van der Waals surface area contributed by atoms with E-state index in [4.69, 9.17) is 4.74 Å². The Bertz CT molecular complexity index is 755. The van der Waals surface area contributed by atoms with Crippen LogP contribution in [0.5, 0.6) is 0 Å². The van der Waals surface area contributed by atoms with Crippen LogP contribution in [0.3, 0.4) is 0 Å². The van der Waals surface area contributed by atoms with Gasteiger partial charge in [0.15, 0.2) is 0 Å². The highest BCUT2D eigenvalue weighted by molar-refractivity contribution is 7.89. The predicted molar refractivity (Wildman–Crippen MR) is 117 cm³/mol. The van der Waals surface area contributed by atoms with Crippen molar-refractivity contribution < 1.29 is 13.2 Å². The molecule has 3 fully saturated rings. The van der Waals surface area contributed by atoms with Crippen LogP contribution in [-0.4, -0.2) is 80.9 Å². The molecule has 3 aliphatic rings. The number of hydrogen-bond donors (Lipinski definition) is 0. The monoisotopic (exact) mass is 421 g/mol. The van der Waals surface area contributed by atoms with Crippen molar-refractivity contribution in [3.8, 4) is 0 Å². The average molecular weight is 422 g/mol. The minimum atomic E-state index is -3.09. The smallest absolute Gasteiger partial charge is 0.214 e. The van der Waals surface area contributed by atoms with Gasteiger partial charge in [0, 0.05) is 57.6 Å². The Morgan fingerprint density at radius 1 is 1.03 bits per heavy atom. The van der Waals surface area contributed by atoms with Crippen LogP contribution in [0.1, 0.15) is 39.0 Å². The van der Waals surface area contributed by atoms with Crippen molar-refractivity contribution in [3.63, 3.8) is 0 Å².